The number of anilines is 1. The molecule has 2 heterocycles. The van der Waals surface area contributed by atoms with Crippen molar-refractivity contribution in [2.24, 2.45) is 5.92 Å². The number of amides is 2. The van der Waals surface area contributed by atoms with Gasteiger partial charge in [0.1, 0.15) is 0 Å². The van der Waals surface area contributed by atoms with Crippen molar-refractivity contribution in [2.75, 3.05) is 50.7 Å². The van der Waals surface area contributed by atoms with E-state index in [2.05, 4.69) is 15.1 Å². The third-order valence-corrected chi connectivity index (χ3v) is 7.83. The van der Waals surface area contributed by atoms with Crippen LogP contribution in [0.4, 0.5) is 10.5 Å². The number of urea groups is 1. The Balaban J connectivity index is 1.13. The van der Waals surface area contributed by atoms with E-state index in [-0.39, 0.29) is 12.1 Å². The molecule has 172 valence electrons. The van der Waals surface area contributed by atoms with E-state index in [1.54, 1.807) is 11.8 Å². The van der Waals surface area contributed by atoms with Crippen LogP contribution < -0.4 is 10.2 Å². The number of piperazine rings is 1. The first-order valence-electron chi connectivity index (χ1n) is 11.5. The molecule has 0 spiro atoms. The van der Waals surface area contributed by atoms with Crippen LogP contribution in [0.2, 0.25) is 10.0 Å². The van der Waals surface area contributed by atoms with Crippen LogP contribution in [0, 0.1) is 5.92 Å². The lowest BCUT2D eigenvalue weighted by Crippen LogP contribution is -2.64. The number of hydrogen-bond donors (Lipinski definition) is 2. The normalized spacial score (nSPS) is 26.5. The summed E-state index contributed by atoms with van der Waals surface area (Å²) in [6, 6.07) is 6.10. The molecule has 0 radical (unpaired) electrons. The molecule has 31 heavy (non-hydrogen) atoms. The molecule has 1 aromatic rings. The molecule has 3 aliphatic rings. The monoisotopic (exact) mass is 468 g/mol. The molecule has 0 aromatic heterocycles. The summed E-state index contributed by atoms with van der Waals surface area (Å²) in [5, 5.41) is 14.2. The van der Waals surface area contributed by atoms with E-state index in [4.69, 9.17) is 23.2 Å². The van der Waals surface area contributed by atoms with Crippen LogP contribution in [-0.4, -0.2) is 78.4 Å². The fourth-order valence-corrected chi connectivity index (χ4v) is 5.51. The zero-order valence-corrected chi connectivity index (χ0v) is 19.8. The van der Waals surface area contributed by atoms with Gasteiger partial charge >= 0.3 is 6.03 Å². The molecule has 2 N–H and O–H groups in total. The molecule has 2 aliphatic heterocycles. The lowest BCUT2D eigenvalue weighted by Gasteiger charge is -2.44. The molecule has 2 saturated heterocycles. The Labute approximate surface area is 195 Å². The minimum Gasteiger partial charge on any atom is -0.386 e. The Bertz CT molecular complexity index is 767. The number of rotatable bonds is 5. The van der Waals surface area contributed by atoms with Crippen molar-refractivity contribution in [3.8, 4) is 0 Å². The highest BCUT2D eigenvalue weighted by molar-refractivity contribution is 6.43. The summed E-state index contributed by atoms with van der Waals surface area (Å²) < 4.78 is 0. The van der Waals surface area contributed by atoms with E-state index in [0.717, 1.165) is 57.2 Å². The Kier molecular flexibility index (Phi) is 7.21. The van der Waals surface area contributed by atoms with Gasteiger partial charge in [-0.15, -0.1) is 0 Å². The molecule has 4 rings (SSSR count). The van der Waals surface area contributed by atoms with E-state index >= 15 is 0 Å². The third kappa shape index (κ3) is 5.78. The highest BCUT2D eigenvalue weighted by atomic mass is 35.5. The van der Waals surface area contributed by atoms with Crippen LogP contribution in [0.15, 0.2) is 18.2 Å². The van der Waals surface area contributed by atoms with E-state index in [0.29, 0.717) is 23.1 Å². The fourth-order valence-electron chi connectivity index (χ4n) is 5.10. The van der Waals surface area contributed by atoms with Gasteiger partial charge in [-0.25, -0.2) is 4.79 Å². The molecule has 0 bridgehead atoms. The maximum Gasteiger partial charge on any atom is 0.317 e. The lowest BCUT2D eigenvalue weighted by molar-refractivity contribution is -0.0612. The number of nitrogens with one attached hydrogen (secondary N) is 1. The van der Waals surface area contributed by atoms with Crippen molar-refractivity contribution in [2.45, 2.75) is 50.7 Å². The molecule has 0 atom stereocenters. The molecule has 1 aromatic carbocycles. The first-order valence-corrected chi connectivity index (χ1v) is 12.3. The summed E-state index contributed by atoms with van der Waals surface area (Å²) in [5.74, 6) is 0.748. The zero-order chi connectivity index (χ0) is 22.0. The Morgan fingerprint density at radius 2 is 1.81 bits per heavy atom. The van der Waals surface area contributed by atoms with Crippen molar-refractivity contribution in [1.82, 2.24) is 15.1 Å². The number of carbonyl (C=O) groups excluding carboxylic acids is 1. The average Bonchev–Trinajstić information content (AvgIpc) is 2.74. The summed E-state index contributed by atoms with van der Waals surface area (Å²) in [6.07, 6.45) is 5.71. The molecular formula is C23H34Cl2N4O2. The van der Waals surface area contributed by atoms with Crippen molar-refractivity contribution in [3.05, 3.63) is 28.2 Å². The summed E-state index contributed by atoms with van der Waals surface area (Å²) in [5.41, 5.74) is 0.331. The number of nitrogens with zero attached hydrogens (tertiary/aromatic N) is 3. The van der Waals surface area contributed by atoms with Gasteiger partial charge in [0.2, 0.25) is 0 Å². The number of hydrogen-bond acceptors (Lipinski definition) is 4. The lowest BCUT2D eigenvalue weighted by atomic mass is 9.84. The SMILES string of the molecule is CC1(O)CN(C(=O)N[C@H]2CC[C@H](CCN3CCN(c4cccc(Cl)c4Cl)CC3)CC2)C1. The Morgan fingerprint density at radius 1 is 1.13 bits per heavy atom. The maximum absolute atomic E-state index is 12.2. The molecule has 3 fully saturated rings. The van der Waals surface area contributed by atoms with E-state index in [1.165, 1.54) is 19.3 Å². The Morgan fingerprint density at radius 3 is 2.45 bits per heavy atom. The second-order valence-electron chi connectivity index (χ2n) is 9.71. The maximum atomic E-state index is 12.2. The highest BCUT2D eigenvalue weighted by Gasteiger charge is 2.40. The van der Waals surface area contributed by atoms with Gasteiger partial charge in [-0.05, 0) is 63.6 Å². The predicted molar refractivity (Wildman–Crippen MR) is 126 cm³/mol. The van der Waals surface area contributed by atoms with E-state index < -0.39 is 5.60 Å². The van der Waals surface area contributed by atoms with Gasteiger partial charge < -0.3 is 20.2 Å². The van der Waals surface area contributed by atoms with Crippen molar-refractivity contribution >= 4 is 34.9 Å². The van der Waals surface area contributed by atoms with E-state index in [9.17, 15) is 9.90 Å². The molecular weight excluding hydrogens is 435 g/mol. The second kappa shape index (κ2) is 9.74. The summed E-state index contributed by atoms with van der Waals surface area (Å²) in [7, 11) is 0. The molecule has 8 heteroatoms. The first-order chi connectivity index (χ1) is 14.8. The van der Waals surface area contributed by atoms with Crippen LogP contribution in [0.1, 0.15) is 39.0 Å². The second-order valence-corrected chi connectivity index (χ2v) is 10.5. The van der Waals surface area contributed by atoms with Crippen molar-refractivity contribution in [3.63, 3.8) is 0 Å². The van der Waals surface area contributed by atoms with Crippen LogP contribution >= 0.6 is 23.2 Å². The van der Waals surface area contributed by atoms with Crippen LogP contribution in [-0.2, 0) is 0 Å². The molecule has 1 aliphatic carbocycles. The molecule has 1 saturated carbocycles. The molecule has 0 unspecified atom stereocenters. The standard InChI is InChI=1S/C23H34Cl2N4O2/c1-23(31)15-29(16-23)22(30)26-18-7-5-17(6-8-18)9-10-27-11-13-28(14-12-27)20-4-2-3-19(24)21(20)25/h2-4,17-18,31H,5-16H2,1H3,(H,26,30)/t17-,18-. The van der Waals surface area contributed by atoms with Crippen LogP contribution in [0.5, 0.6) is 0 Å². The molecule has 2 amide bonds. The van der Waals surface area contributed by atoms with Gasteiger partial charge in [0, 0.05) is 32.2 Å². The van der Waals surface area contributed by atoms with Gasteiger partial charge in [0.05, 0.1) is 34.4 Å². The van der Waals surface area contributed by atoms with E-state index in [1.807, 2.05) is 18.2 Å². The topological polar surface area (TPSA) is 59.1 Å². The highest BCUT2D eigenvalue weighted by Crippen LogP contribution is 2.33. The van der Waals surface area contributed by atoms with Gasteiger partial charge in [-0.2, -0.15) is 0 Å². The minimum atomic E-state index is -0.707. The fraction of sp³-hybridized carbons (Fsp3) is 0.696. The number of β-amino-alcohol motifs (C(OH)–C–C–N with tert-alkyl or cyclic N) is 1. The van der Waals surface area contributed by atoms with Gasteiger partial charge in [-0.3, -0.25) is 4.90 Å². The quantitative estimate of drug-likeness (QED) is 0.688. The number of carbonyl (C=O) groups is 1. The van der Waals surface area contributed by atoms with Crippen LogP contribution in [0.3, 0.4) is 0 Å². The number of likely N-dealkylation sites (tertiary alicyclic amines) is 1. The largest absolute Gasteiger partial charge is 0.386 e. The summed E-state index contributed by atoms with van der Waals surface area (Å²) in [4.78, 5) is 18.8. The van der Waals surface area contributed by atoms with Crippen LogP contribution in [0.25, 0.3) is 0 Å². The number of halogens is 2. The van der Waals surface area contributed by atoms with Gasteiger partial charge in [0.25, 0.3) is 0 Å². The Hall–Kier alpha value is -1.21. The molecule has 6 nitrogen and oxygen atoms in total. The van der Waals surface area contributed by atoms with Crippen molar-refractivity contribution in [1.29, 1.82) is 0 Å². The number of aliphatic hydroxyl groups is 1. The van der Waals surface area contributed by atoms with Crippen molar-refractivity contribution < 1.29 is 9.90 Å². The minimum absolute atomic E-state index is 0.0207. The third-order valence-electron chi connectivity index (χ3n) is 7.02. The average molecular weight is 469 g/mol. The summed E-state index contributed by atoms with van der Waals surface area (Å²) in [6.45, 7) is 7.83. The van der Waals surface area contributed by atoms with Gasteiger partial charge in [-0.1, -0.05) is 29.3 Å². The number of benzene rings is 1. The smallest absolute Gasteiger partial charge is 0.317 e. The summed E-state index contributed by atoms with van der Waals surface area (Å²) >= 11 is 12.6. The predicted octanol–water partition coefficient (Wildman–Crippen LogP) is 3.84. The first kappa shape index (κ1) is 23.0. The van der Waals surface area contributed by atoms with Gasteiger partial charge in [0.15, 0.2) is 0 Å². The zero-order valence-electron chi connectivity index (χ0n) is 18.3.